The number of amides is 1. The number of benzene rings is 1. The lowest BCUT2D eigenvalue weighted by molar-refractivity contribution is -0.118. The average Bonchev–Trinajstić information content (AvgIpc) is 3.14. The molecule has 7 nitrogen and oxygen atoms in total. The Kier molecular flexibility index (Phi) is 8.09. The third kappa shape index (κ3) is 6.04. The summed E-state index contributed by atoms with van der Waals surface area (Å²) in [5, 5.41) is 12.5. The lowest BCUT2D eigenvalue weighted by atomic mass is 10.1. The van der Waals surface area contributed by atoms with Gasteiger partial charge in [0.15, 0.2) is 11.0 Å². The van der Waals surface area contributed by atoms with Crippen LogP contribution in [0.15, 0.2) is 29.4 Å². The predicted octanol–water partition coefficient (Wildman–Crippen LogP) is 2.12. The standard InChI is InChI=1S/C21H32N6OS/c1-4-27-20(18-9-6-5-8-17(18)2)23-24-21(27)29-16-19(28)22-10-7-11-26-14-12-25(3)13-15-26/h5-6,8-9H,4,7,10-16H2,1-3H3,(H,22,28). The van der Waals surface area contributed by atoms with E-state index in [1.807, 2.05) is 12.1 Å². The highest BCUT2D eigenvalue weighted by molar-refractivity contribution is 7.99. The molecule has 0 bridgehead atoms. The van der Waals surface area contributed by atoms with Gasteiger partial charge >= 0.3 is 0 Å². The normalized spacial score (nSPS) is 15.6. The van der Waals surface area contributed by atoms with E-state index < -0.39 is 0 Å². The van der Waals surface area contributed by atoms with Gasteiger partial charge in [0.1, 0.15) is 0 Å². The van der Waals surface area contributed by atoms with Gasteiger partial charge in [0.2, 0.25) is 5.91 Å². The fourth-order valence-corrected chi connectivity index (χ4v) is 4.32. The predicted molar refractivity (Wildman–Crippen MR) is 118 cm³/mol. The van der Waals surface area contributed by atoms with Gasteiger partial charge in [-0.15, -0.1) is 10.2 Å². The van der Waals surface area contributed by atoms with E-state index in [9.17, 15) is 4.79 Å². The Hall–Kier alpha value is -1.90. The van der Waals surface area contributed by atoms with Crippen molar-refractivity contribution in [2.24, 2.45) is 0 Å². The first-order valence-electron chi connectivity index (χ1n) is 10.4. The molecule has 0 saturated carbocycles. The van der Waals surface area contributed by atoms with E-state index in [-0.39, 0.29) is 5.91 Å². The molecule has 158 valence electrons. The third-order valence-electron chi connectivity index (χ3n) is 5.32. The first kappa shape index (κ1) is 21.8. The number of aryl methyl sites for hydroxylation is 1. The van der Waals surface area contributed by atoms with Crippen LogP contribution >= 0.6 is 11.8 Å². The summed E-state index contributed by atoms with van der Waals surface area (Å²) in [6.07, 6.45) is 0.989. The number of thioether (sulfide) groups is 1. The van der Waals surface area contributed by atoms with E-state index in [1.165, 1.54) is 17.3 Å². The van der Waals surface area contributed by atoms with E-state index in [1.54, 1.807) is 0 Å². The molecule has 1 aliphatic rings. The number of likely N-dealkylation sites (N-methyl/N-ethyl adjacent to an activating group) is 1. The summed E-state index contributed by atoms with van der Waals surface area (Å²) in [5.74, 6) is 1.28. The first-order valence-corrected chi connectivity index (χ1v) is 11.4. The Balaban J connectivity index is 1.44. The van der Waals surface area contributed by atoms with E-state index in [2.05, 4.69) is 62.9 Å². The number of piperazine rings is 1. The molecule has 1 aliphatic heterocycles. The Labute approximate surface area is 177 Å². The number of nitrogens with one attached hydrogen (secondary N) is 1. The summed E-state index contributed by atoms with van der Waals surface area (Å²) in [5.41, 5.74) is 2.26. The molecule has 29 heavy (non-hydrogen) atoms. The van der Waals surface area contributed by atoms with Crippen LogP contribution in [0.5, 0.6) is 0 Å². The van der Waals surface area contributed by atoms with Crippen LogP contribution in [0.2, 0.25) is 0 Å². The van der Waals surface area contributed by atoms with Crippen molar-refractivity contribution < 1.29 is 4.79 Å². The minimum absolute atomic E-state index is 0.0523. The number of carbonyl (C=O) groups excluding carboxylic acids is 1. The van der Waals surface area contributed by atoms with Gasteiger partial charge in [-0.3, -0.25) is 4.79 Å². The van der Waals surface area contributed by atoms with E-state index in [4.69, 9.17) is 0 Å². The number of aromatic nitrogens is 3. The molecular formula is C21H32N6OS. The summed E-state index contributed by atoms with van der Waals surface area (Å²) < 4.78 is 2.08. The van der Waals surface area contributed by atoms with Crippen molar-refractivity contribution in [3.8, 4) is 11.4 Å². The van der Waals surface area contributed by atoms with Crippen LogP contribution in [0, 0.1) is 6.92 Å². The zero-order valence-electron chi connectivity index (χ0n) is 17.7. The molecule has 0 atom stereocenters. The van der Waals surface area contributed by atoms with Crippen molar-refractivity contribution in [1.82, 2.24) is 29.9 Å². The maximum absolute atomic E-state index is 12.2. The highest BCUT2D eigenvalue weighted by Gasteiger charge is 2.16. The molecule has 1 aromatic carbocycles. The lowest BCUT2D eigenvalue weighted by Gasteiger charge is -2.32. The maximum atomic E-state index is 12.2. The van der Waals surface area contributed by atoms with Crippen molar-refractivity contribution in [3.05, 3.63) is 29.8 Å². The Morgan fingerprint density at radius 1 is 1.17 bits per heavy atom. The second-order valence-corrected chi connectivity index (χ2v) is 8.44. The second-order valence-electron chi connectivity index (χ2n) is 7.50. The molecule has 1 amide bonds. The van der Waals surface area contributed by atoms with Gasteiger partial charge < -0.3 is 19.7 Å². The lowest BCUT2D eigenvalue weighted by Crippen LogP contribution is -2.45. The molecule has 0 spiro atoms. The Morgan fingerprint density at radius 2 is 1.93 bits per heavy atom. The molecule has 0 unspecified atom stereocenters. The highest BCUT2D eigenvalue weighted by atomic mass is 32.2. The summed E-state index contributed by atoms with van der Waals surface area (Å²) in [7, 11) is 2.17. The van der Waals surface area contributed by atoms with Crippen molar-refractivity contribution in [3.63, 3.8) is 0 Å². The van der Waals surface area contributed by atoms with Gasteiger partial charge in [0.05, 0.1) is 5.75 Å². The summed E-state index contributed by atoms with van der Waals surface area (Å²) in [6, 6.07) is 8.17. The number of hydrogen-bond acceptors (Lipinski definition) is 6. The zero-order valence-corrected chi connectivity index (χ0v) is 18.5. The van der Waals surface area contributed by atoms with Crippen LogP contribution in [0.25, 0.3) is 11.4 Å². The van der Waals surface area contributed by atoms with Crippen LogP contribution in [0.4, 0.5) is 0 Å². The zero-order chi connectivity index (χ0) is 20.6. The molecule has 3 rings (SSSR count). The molecule has 1 N–H and O–H groups in total. The number of hydrogen-bond donors (Lipinski definition) is 1. The minimum Gasteiger partial charge on any atom is -0.355 e. The van der Waals surface area contributed by atoms with Crippen LogP contribution in [-0.2, 0) is 11.3 Å². The first-order chi connectivity index (χ1) is 14.1. The molecule has 1 aromatic heterocycles. The summed E-state index contributed by atoms with van der Waals surface area (Å²) >= 11 is 1.45. The average molecular weight is 417 g/mol. The van der Waals surface area contributed by atoms with Crippen LogP contribution in [0.3, 0.4) is 0 Å². The minimum atomic E-state index is 0.0523. The molecule has 0 radical (unpaired) electrons. The molecular weight excluding hydrogens is 384 g/mol. The van der Waals surface area contributed by atoms with E-state index in [0.29, 0.717) is 5.75 Å². The van der Waals surface area contributed by atoms with Crippen LogP contribution in [-0.4, -0.2) is 82.5 Å². The van der Waals surface area contributed by atoms with Gasteiger partial charge in [-0.1, -0.05) is 36.0 Å². The topological polar surface area (TPSA) is 66.3 Å². The fraction of sp³-hybridized carbons (Fsp3) is 0.571. The monoisotopic (exact) mass is 416 g/mol. The molecule has 2 aromatic rings. The number of nitrogens with zero attached hydrogens (tertiary/aromatic N) is 5. The van der Waals surface area contributed by atoms with Crippen LogP contribution in [0.1, 0.15) is 18.9 Å². The van der Waals surface area contributed by atoms with Gasteiger partial charge in [-0.25, -0.2) is 0 Å². The maximum Gasteiger partial charge on any atom is 0.230 e. The third-order valence-corrected chi connectivity index (χ3v) is 6.29. The van der Waals surface area contributed by atoms with Gasteiger partial charge in [0, 0.05) is 44.8 Å². The largest absolute Gasteiger partial charge is 0.355 e. The van der Waals surface area contributed by atoms with E-state index in [0.717, 1.165) is 68.8 Å². The molecule has 8 heteroatoms. The fourth-order valence-electron chi connectivity index (χ4n) is 3.49. The summed E-state index contributed by atoms with van der Waals surface area (Å²) in [6.45, 7) is 11.2. The van der Waals surface area contributed by atoms with Crippen molar-refractivity contribution in [2.75, 3.05) is 52.1 Å². The molecule has 1 fully saturated rings. The molecule has 1 saturated heterocycles. The number of rotatable bonds is 9. The van der Waals surface area contributed by atoms with Crippen molar-refractivity contribution in [2.45, 2.75) is 32.0 Å². The number of carbonyl (C=O) groups is 1. The van der Waals surface area contributed by atoms with Gasteiger partial charge in [0.25, 0.3) is 0 Å². The smallest absolute Gasteiger partial charge is 0.230 e. The Bertz CT molecular complexity index is 800. The van der Waals surface area contributed by atoms with Crippen LogP contribution < -0.4 is 5.32 Å². The van der Waals surface area contributed by atoms with Gasteiger partial charge in [-0.05, 0) is 39.4 Å². The Morgan fingerprint density at radius 3 is 2.66 bits per heavy atom. The molecule has 2 heterocycles. The second kappa shape index (κ2) is 10.8. The van der Waals surface area contributed by atoms with E-state index >= 15 is 0 Å². The SMILES string of the molecule is CCn1c(SCC(=O)NCCCN2CCN(C)CC2)nnc1-c1ccccc1C. The van der Waals surface area contributed by atoms with Crippen molar-refractivity contribution >= 4 is 17.7 Å². The highest BCUT2D eigenvalue weighted by Crippen LogP contribution is 2.26. The van der Waals surface area contributed by atoms with Crippen molar-refractivity contribution in [1.29, 1.82) is 0 Å². The molecule has 0 aliphatic carbocycles. The quantitative estimate of drug-likeness (QED) is 0.499. The van der Waals surface area contributed by atoms with Gasteiger partial charge in [-0.2, -0.15) is 0 Å². The summed E-state index contributed by atoms with van der Waals surface area (Å²) in [4.78, 5) is 17.1.